The number of benzene rings is 8. The second kappa shape index (κ2) is 12.3. The molecule has 0 heterocycles. The van der Waals surface area contributed by atoms with Crippen LogP contribution in [0.5, 0.6) is 0 Å². The van der Waals surface area contributed by atoms with Gasteiger partial charge in [-0.25, -0.2) is 0 Å². The lowest BCUT2D eigenvalue weighted by atomic mass is 10.0. The van der Waals surface area contributed by atoms with Crippen LogP contribution in [0.4, 0.5) is 28.4 Å². The molecule has 8 aromatic carbocycles. The Morgan fingerprint density at radius 3 is 1.15 bits per heavy atom. The van der Waals surface area contributed by atoms with Gasteiger partial charge in [0.15, 0.2) is 0 Å². The van der Waals surface area contributed by atoms with Gasteiger partial charge in [-0.3, -0.25) is 0 Å². The van der Waals surface area contributed by atoms with Crippen LogP contribution in [0.2, 0.25) is 0 Å². The highest BCUT2D eigenvalue weighted by Crippen LogP contribution is 2.38. The predicted octanol–water partition coefficient (Wildman–Crippen LogP) is 12.6. The zero-order valence-corrected chi connectivity index (χ0v) is 26.3. The number of nitrogens with zero attached hydrogens (tertiary/aromatic N) is 2. The first kappa shape index (κ1) is 28.4. The smallest absolute Gasteiger partial charge is 0.0468 e. The molecule has 0 saturated carbocycles. The number of hydrogen-bond acceptors (Lipinski definition) is 2. The molecule has 0 amide bonds. The average molecular weight is 603 g/mol. The summed E-state index contributed by atoms with van der Waals surface area (Å²) >= 11 is 0. The molecule has 0 N–H and O–H groups in total. The molecular formula is C45H34N2. The molecule has 0 aliphatic heterocycles. The van der Waals surface area contributed by atoms with E-state index in [0.717, 1.165) is 22.7 Å². The van der Waals surface area contributed by atoms with Gasteiger partial charge in [-0.2, -0.15) is 0 Å². The minimum atomic E-state index is 1.11. The fourth-order valence-electron chi connectivity index (χ4n) is 6.41. The molecule has 2 nitrogen and oxygen atoms in total. The Kier molecular flexibility index (Phi) is 7.45. The van der Waals surface area contributed by atoms with E-state index in [1.54, 1.807) is 0 Å². The summed E-state index contributed by atoms with van der Waals surface area (Å²) < 4.78 is 0. The fraction of sp³-hybridized carbons (Fsp3) is 0.0222. The van der Waals surface area contributed by atoms with Gasteiger partial charge in [0.25, 0.3) is 0 Å². The summed E-state index contributed by atoms with van der Waals surface area (Å²) in [5, 5.41) is 4.97. The Hall–Kier alpha value is -6.12. The average Bonchev–Trinajstić information content (AvgIpc) is 3.15. The first-order chi connectivity index (χ1) is 23.2. The predicted molar refractivity (Wildman–Crippen MR) is 202 cm³/mol. The molecule has 0 unspecified atom stereocenters. The van der Waals surface area contributed by atoms with E-state index < -0.39 is 0 Å². The summed E-state index contributed by atoms with van der Waals surface area (Å²) in [6.07, 6.45) is 0. The summed E-state index contributed by atoms with van der Waals surface area (Å²) in [6.45, 7) is 0. The van der Waals surface area contributed by atoms with Gasteiger partial charge < -0.3 is 9.80 Å². The molecule has 2 heteroatoms. The summed E-state index contributed by atoms with van der Waals surface area (Å²) in [5.41, 5.74) is 10.5. The first-order valence-electron chi connectivity index (χ1n) is 16.1. The SMILES string of the molecule is CN(c1ccc(-c2ccc(N(c3ccc(-c4ccccc4)cc3)c3ccc4ccccc4c3)cc2)cc1)c1ccc2ccccc2c1. The van der Waals surface area contributed by atoms with Crippen molar-refractivity contribution < 1.29 is 0 Å². The van der Waals surface area contributed by atoms with Gasteiger partial charge >= 0.3 is 0 Å². The van der Waals surface area contributed by atoms with Gasteiger partial charge in [0.1, 0.15) is 0 Å². The molecule has 8 rings (SSSR count). The highest BCUT2D eigenvalue weighted by Gasteiger charge is 2.14. The summed E-state index contributed by atoms with van der Waals surface area (Å²) in [5.74, 6) is 0. The Labute approximate surface area is 276 Å². The van der Waals surface area contributed by atoms with Crippen molar-refractivity contribution in [3.8, 4) is 22.3 Å². The van der Waals surface area contributed by atoms with Crippen LogP contribution in [0.3, 0.4) is 0 Å². The van der Waals surface area contributed by atoms with E-state index in [2.05, 4.69) is 205 Å². The maximum absolute atomic E-state index is 2.34. The summed E-state index contributed by atoms with van der Waals surface area (Å²) in [6, 6.07) is 67.5. The maximum atomic E-state index is 2.34. The molecule has 0 radical (unpaired) electrons. The van der Waals surface area contributed by atoms with Crippen LogP contribution >= 0.6 is 0 Å². The normalized spacial score (nSPS) is 11.1. The van der Waals surface area contributed by atoms with Crippen molar-refractivity contribution in [2.45, 2.75) is 0 Å². The molecule has 47 heavy (non-hydrogen) atoms. The maximum Gasteiger partial charge on any atom is 0.0468 e. The van der Waals surface area contributed by atoms with E-state index in [-0.39, 0.29) is 0 Å². The van der Waals surface area contributed by atoms with Crippen molar-refractivity contribution in [1.29, 1.82) is 0 Å². The lowest BCUT2D eigenvalue weighted by Crippen LogP contribution is -2.10. The van der Waals surface area contributed by atoms with E-state index >= 15 is 0 Å². The van der Waals surface area contributed by atoms with Gasteiger partial charge in [-0.15, -0.1) is 0 Å². The van der Waals surface area contributed by atoms with Gasteiger partial charge in [0, 0.05) is 35.5 Å². The molecule has 0 aliphatic rings. The quantitative estimate of drug-likeness (QED) is 0.179. The van der Waals surface area contributed by atoms with E-state index in [9.17, 15) is 0 Å². The van der Waals surface area contributed by atoms with Crippen LogP contribution in [0, 0.1) is 0 Å². The zero-order chi connectivity index (χ0) is 31.6. The Morgan fingerprint density at radius 2 is 0.638 bits per heavy atom. The van der Waals surface area contributed by atoms with Crippen LogP contribution in [0.25, 0.3) is 43.8 Å². The van der Waals surface area contributed by atoms with Gasteiger partial charge in [0.05, 0.1) is 0 Å². The molecule has 0 atom stereocenters. The molecule has 224 valence electrons. The van der Waals surface area contributed by atoms with Crippen molar-refractivity contribution in [1.82, 2.24) is 0 Å². The molecule has 0 saturated heterocycles. The number of hydrogen-bond donors (Lipinski definition) is 0. The fourth-order valence-corrected chi connectivity index (χ4v) is 6.41. The van der Waals surface area contributed by atoms with Gasteiger partial charge in [-0.1, -0.05) is 127 Å². The summed E-state index contributed by atoms with van der Waals surface area (Å²) in [7, 11) is 2.13. The lowest BCUT2D eigenvalue weighted by molar-refractivity contribution is 1.21. The first-order valence-corrected chi connectivity index (χ1v) is 16.1. The lowest BCUT2D eigenvalue weighted by Gasteiger charge is -2.26. The second-order valence-corrected chi connectivity index (χ2v) is 12.0. The zero-order valence-electron chi connectivity index (χ0n) is 26.3. The van der Waals surface area contributed by atoms with E-state index in [0.29, 0.717) is 0 Å². The number of fused-ring (bicyclic) bond motifs is 2. The van der Waals surface area contributed by atoms with Crippen molar-refractivity contribution in [2.75, 3.05) is 16.8 Å². The van der Waals surface area contributed by atoms with Crippen LogP contribution in [-0.4, -0.2) is 7.05 Å². The topological polar surface area (TPSA) is 6.48 Å². The largest absolute Gasteiger partial charge is 0.345 e. The third-order valence-electron chi connectivity index (χ3n) is 9.06. The van der Waals surface area contributed by atoms with Crippen LogP contribution in [0.1, 0.15) is 0 Å². The minimum Gasteiger partial charge on any atom is -0.345 e. The van der Waals surface area contributed by atoms with E-state index in [1.807, 2.05) is 0 Å². The number of rotatable bonds is 7. The third-order valence-corrected chi connectivity index (χ3v) is 9.06. The van der Waals surface area contributed by atoms with E-state index in [1.165, 1.54) is 49.5 Å². The van der Waals surface area contributed by atoms with Gasteiger partial charge in [0.2, 0.25) is 0 Å². The third kappa shape index (κ3) is 5.74. The molecule has 0 fully saturated rings. The van der Waals surface area contributed by atoms with E-state index in [4.69, 9.17) is 0 Å². The molecule has 0 aliphatic carbocycles. The van der Waals surface area contributed by atoms with Crippen molar-refractivity contribution in [3.05, 3.63) is 188 Å². The van der Waals surface area contributed by atoms with Crippen LogP contribution < -0.4 is 9.80 Å². The van der Waals surface area contributed by atoms with Crippen molar-refractivity contribution in [3.63, 3.8) is 0 Å². The minimum absolute atomic E-state index is 1.11. The highest BCUT2D eigenvalue weighted by molar-refractivity contribution is 5.90. The molecule has 8 aromatic rings. The Morgan fingerprint density at radius 1 is 0.277 bits per heavy atom. The highest BCUT2D eigenvalue weighted by atomic mass is 15.1. The van der Waals surface area contributed by atoms with Crippen LogP contribution in [0.15, 0.2) is 188 Å². The van der Waals surface area contributed by atoms with Crippen LogP contribution in [-0.2, 0) is 0 Å². The van der Waals surface area contributed by atoms with Crippen molar-refractivity contribution >= 4 is 50.0 Å². The van der Waals surface area contributed by atoms with Gasteiger partial charge in [-0.05, 0) is 104 Å². The Balaban J connectivity index is 1.10. The second-order valence-electron chi connectivity index (χ2n) is 12.0. The molecule has 0 spiro atoms. The van der Waals surface area contributed by atoms with Crippen molar-refractivity contribution in [2.24, 2.45) is 0 Å². The number of anilines is 5. The monoisotopic (exact) mass is 602 g/mol. The molecular weight excluding hydrogens is 569 g/mol. The molecule has 0 bridgehead atoms. The standard InChI is InChI=1S/C45H34N2/c1-46(44-29-21-34-11-5-7-13-39(34)31-44)41-23-15-37(16-24-41)38-19-27-43(28-20-38)47(45-30-22-35-12-6-8-14-40(35)32-45)42-25-17-36(18-26-42)33-9-3-2-4-10-33/h2-32H,1H3. The molecule has 0 aromatic heterocycles. The summed E-state index contributed by atoms with van der Waals surface area (Å²) in [4.78, 5) is 4.58. The Bertz CT molecular complexity index is 2290.